The fourth-order valence-corrected chi connectivity index (χ4v) is 4.40. The van der Waals surface area contributed by atoms with Crippen LogP contribution < -0.4 is 5.32 Å². The average molecular weight is 283 g/mol. The summed E-state index contributed by atoms with van der Waals surface area (Å²) in [6, 6.07) is 8.20. The fourth-order valence-electron chi connectivity index (χ4n) is 4.40. The monoisotopic (exact) mass is 283 g/mol. The molecule has 2 aliphatic heterocycles. The molecule has 3 heteroatoms. The minimum Gasteiger partial charge on any atom is -0.328 e. The van der Waals surface area contributed by atoms with Crippen LogP contribution in [0, 0.1) is 12.8 Å². The molecule has 1 aromatic carbocycles. The van der Waals surface area contributed by atoms with Gasteiger partial charge in [-0.25, -0.2) is 4.98 Å². The smallest absolute Gasteiger partial charge is 0.110 e. The lowest BCUT2D eigenvalue weighted by atomic mass is 9.89. The highest BCUT2D eigenvalue weighted by molar-refractivity contribution is 5.76. The molecule has 2 aliphatic rings. The Hall–Kier alpha value is -1.35. The van der Waals surface area contributed by atoms with Gasteiger partial charge in [0, 0.05) is 25.0 Å². The van der Waals surface area contributed by atoms with E-state index in [-0.39, 0.29) is 0 Å². The fraction of sp³-hybridized carbons (Fsp3) is 0.611. The van der Waals surface area contributed by atoms with E-state index in [0.717, 1.165) is 31.0 Å². The third kappa shape index (κ3) is 2.38. The van der Waals surface area contributed by atoms with Crippen molar-refractivity contribution in [1.29, 1.82) is 0 Å². The maximum atomic E-state index is 4.95. The highest BCUT2D eigenvalue weighted by Gasteiger charge is 2.33. The molecular weight excluding hydrogens is 258 g/mol. The van der Waals surface area contributed by atoms with Crippen molar-refractivity contribution in [2.75, 3.05) is 0 Å². The van der Waals surface area contributed by atoms with Gasteiger partial charge in [0.1, 0.15) is 5.82 Å². The molecule has 2 atom stereocenters. The summed E-state index contributed by atoms with van der Waals surface area (Å²) in [4.78, 5) is 4.95. The SMILES string of the molecule is CCn1c(CC2CC3CCC(C2)N3)nc2cc(C)ccc21. The molecule has 0 radical (unpaired) electrons. The molecule has 0 amide bonds. The summed E-state index contributed by atoms with van der Waals surface area (Å²) in [5, 5.41) is 3.74. The number of rotatable bonds is 3. The molecular formula is C18H25N3. The van der Waals surface area contributed by atoms with Crippen LogP contribution in [0.3, 0.4) is 0 Å². The molecule has 2 unspecified atom stereocenters. The number of imidazole rings is 1. The van der Waals surface area contributed by atoms with Crippen LogP contribution in [-0.4, -0.2) is 21.6 Å². The number of piperidine rings is 1. The van der Waals surface area contributed by atoms with Gasteiger partial charge in [0.05, 0.1) is 11.0 Å². The molecule has 21 heavy (non-hydrogen) atoms. The molecule has 4 rings (SSSR count). The minimum atomic E-state index is 0.774. The highest BCUT2D eigenvalue weighted by Crippen LogP contribution is 2.33. The largest absolute Gasteiger partial charge is 0.328 e. The molecule has 2 fully saturated rings. The van der Waals surface area contributed by atoms with Crippen LogP contribution >= 0.6 is 0 Å². The molecule has 1 N–H and O–H groups in total. The van der Waals surface area contributed by atoms with Crippen molar-refractivity contribution in [2.45, 2.75) is 64.6 Å². The molecule has 0 spiro atoms. The van der Waals surface area contributed by atoms with Gasteiger partial charge in [0.15, 0.2) is 0 Å². The zero-order valence-electron chi connectivity index (χ0n) is 13.1. The van der Waals surface area contributed by atoms with E-state index in [1.165, 1.54) is 48.1 Å². The Kier molecular flexibility index (Phi) is 3.26. The van der Waals surface area contributed by atoms with E-state index in [2.05, 4.69) is 41.9 Å². The van der Waals surface area contributed by atoms with Crippen molar-refractivity contribution in [3.8, 4) is 0 Å². The summed E-state index contributed by atoms with van der Waals surface area (Å²) in [6.45, 7) is 5.40. The van der Waals surface area contributed by atoms with Gasteiger partial charge in [0.2, 0.25) is 0 Å². The summed E-state index contributed by atoms with van der Waals surface area (Å²) in [6.07, 6.45) is 6.58. The summed E-state index contributed by atoms with van der Waals surface area (Å²) in [5.41, 5.74) is 3.77. The molecule has 3 heterocycles. The number of nitrogens with zero attached hydrogens (tertiary/aromatic N) is 2. The number of hydrogen-bond donors (Lipinski definition) is 1. The van der Waals surface area contributed by atoms with E-state index in [4.69, 9.17) is 4.98 Å². The topological polar surface area (TPSA) is 29.9 Å². The van der Waals surface area contributed by atoms with E-state index < -0.39 is 0 Å². The first-order valence-electron chi connectivity index (χ1n) is 8.44. The van der Waals surface area contributed by atoms with Crippen molar-refractivity contribution in [2.24, 2.45) is 5.92 Å². The molecule has 2 bridgehead atoms. The van der Waals surface area contributed by atoms with Gasteiger partial charge in [-0.15, -0.1) is 0 Å². The lowest BCUT2D eigenvalue weighted by molar-refractivity contribution is 0.293. The van der Waals surface area contributed by atoms with E-state index in [9.17, 15) is 0 Å². The van der Waals surface area contributed by atoms with Crippen LogP contribution in [-0.2, 0) is 13.0 Å². The van der Waals surface area contributed by atoms with Crippen molar-refractivity contribution < 1.29 is 0 Å². The predicted octanol–water partition coefficient (Wildman–Crippen LogP) is 3.44. The first-order valence-corrected chi connectivity index (χ1v) is 8.44. The second-order valence-corrected chi connectivity index (χ2v) is 6.94. The summed E-state index contributed by atoms with van der Waals surface area (Å²) < 4.78 is 2.42. The van der Waals surface area contributed by atoms with E-state index in [1.807, 2.05) is 0 Å². The Morgan fingerprint density at radius 1 is 1.24 bits per heavy atom. The second kappa shape index (κ2) is 5.13. The van der Waals surface area contributed by atoms with Gasteiger partial charge in [-0.2, -0.15) is 0 Å². The molecule has 112 valence electrons. The van der Waals surface area contributed by atoms with Crippen molar-refractivity contribution >= 4 is 11.0 Å². The summed E-state index contributed by atoms with van der Waals surface area (Å²) >= 11 is 0. The summed E-state index contributed by atoms with van der Waals surface area (Å²) in [7, 11) is 0. The average Bonchev–Trinajstić information content (AvgIpc) is 2.97. The maximum absolute atomic E-state index is 4.95. The maximum Gasteiger partial charge on any atom is 0.110 e. The van der Waals surface area contributed by atoms with Crippen LogP contribution in [0.5, 0.6) is 0 Å². The van der Waals surface area contributed by atoms with E-state index >= 15 is 0 Å². The van der Waals surface area contributed by atoms with Gasteiger partial charge in [-0.05, 0) is 63.1 Å². The predicted molar refractivity (Wildman–Crippen MR) is 86.5 cm³/mol. The second-order valence-electron chi connectivity index (χ2n) is 6.94. The number of nitrogens with one attached hydrogen (secondary N) is 1. The van der Waals surface area contributed by atoms with Gasteiger partial charge in [0.25, 0.3) is 0 Å². The van der Waals surface area contributed by atoms with Crippen LogP contribution in [0.2, 0.25) is 0 Å². The third-order valence-corrected chi connectivity index (χ3v) is 5.34. The summed E-state index contributed by atoms with van der Waals surface area (Å²) in [5.74, 6) is 2.11. The lowest BCUT2D eigenvalue weighted by Crippen LogP contribution is -2.38. The van der Waals surface area contributed by atoms with Gasteiger partial charge >= 0.3 is 0 Å². The number of aryl methyl sites for hydroxylation is 2. The molecule has 3 nitrogen and oxygen atoms in total. The molecule has 0 aliphatic carbocycles. The van der Waals surface area contributed by atoms with Gasteiger partial charge < -0.3 is 9.88 Å². The number of benzene rings is 1. The quantitative estimate of drug-likeness (QED) is 0.935. The molecule has 2 saturated heterocycles. The van der Waals surface area contributed by atoms with Crippen LogP contribution in [0.1, 0.15) is 44.0 Å². The lowest BCUT2D eigenvalue weighted by Gasteiger charge is -2.29. The first-order chi connectivity index (χ1) is 10.2. The zero-order chi connectivity index (χ0) is 14.4. The normalized spacial score (nSPS) is 28.4. The zero-order valence-corrected chi connectivity index (χ0v) is 13.1. The minimum absolute atomic E-state index is 0.774. The van der Waals surface area contributed by atoms with Crippen molar-refractivity contribution in [1.82, 2.24) is 14.9 Å². The Morgan fingerprint density at radius 3 is 2.71 bits per heavy atom. The molecule has 1 aromatic heterocycles. The Morgan fingerprint density at radius 2 is 2.00 bits per heavy atom. The van der Waals surface area contributed by atoms with Crippen molar-refractivity contribution in [3.63, 3.8) is 0 Å². The van der Waals surface area contributed by atoms with Gasteiger partial charge in [-0.3, -0.25) is 0 Å². The highest BCUT2D eigenvalue weighted by atomic mass is 15.1. The Balaban J connectivity index is 1.63. The number of hydrogen-bond acceptors (Lipinski definition) is 2. The Labute approximate surface area is 126 Å². The van der Waals surface area contributed by atoms with Crippen LogP contribution in [0.4, 0.5) is 0 Å². The standard InChI is InChI=1S/C18H25N3/c1-3-21-17-7-4-12(2)8-16(17)20-18(21)11-13-9-14-5-6-15(10-13)19-14/h4,7-8,13-15,19H,3,5-6,9-11H2,1-2H3. The van der Waals surface area contributed by atoms with E-state index in [0.29, 0.717) is 0 Å². The third-order valence-electron chi connectivity index (χ3n) is 5.34. The van der Waals surface area contributed by atoms with Crippen molar-refractivity contribution in [3.05, 3.63) is 29.6 Å². The van der Waals surface area contributed by atoms with E-state index in [1.54, 1.807) is 0 Å². The molecule has 0 saturated carbocycles. The van der Waals surface area contributed by atoms with Crippen LogP contribution in [0.25, 0.3) is 11.0 Å². The molecule has 2 aromatic rings. The Bertz CT molecular complexity index is 646. The number of aromatic nitrogens is 2. The number of fused-ring (bicyclic) bond motifs is 3. The first kappa shape index (κ1) is 13.3. The van der Waals surface area contributed by atoms with Crippen LogP contribution in [0.15, 0.2) is 18.2 Å². The van der Waals surface area contributed by atoms with Gasteiger partial charge in [-0.1, -0.05) is 6.07 Å².